The van der Waals surface area contributed by atoms with Gasteiger partial charge in [-0.15, -0.1) is 0 Å². The number of nitrogens with two attached hydrogens (primary N) is 4. The van der Waals surface area contributed by atoms with Crippen LogP contribution in [0.1, 0.15) is 19.8 Å². The van der Waals surface area contributed by atoms with Gasteiger partial charge in [0.05, 0.1) is 0 Å². The van der Waals surface area contributed by atoms with Gasteiger partial charge in [0.1, 0.15) is 12.1 Å². The maximum atomic E-state index is 10.8. The number of nitrogens with zero attached hydrogens (tertiary/aromatic N) is 1. The summed E-state index contributed by atoms with van der Waals surface area (Å²) in [5, 5.41) is 35.0. The molecular formula is C11H25N9O4. The fourth-order valence-electron chi connectivity index (χ4n) is 1.30. The summed E-state index contributed by atoms with van der Waals surface area (Å²) in [5.74, 6) is -2.87. The molecule has 0 saturated heterocycles. The molecule has 0 aliphatic carbocycles. The topological polar surface area (TPSA) is 263 Å². The Labute approximate surface area is 138 Å². The van der Waals surface area contributed by atoms with Gasteiger partial charge in [-0.3, -0.25) is 36.0 Å². The highest BCUT2D eigenvalue weighted by Gasteiger charge is 2.22. The van der Waals surface area contributed by atoms with E-state index in [4.69, 9.17) is 44.0 Å². The number of carbonyl (C=O) groups is 2. The van der Waals surface area contributed by atoms with Crippen LogP contribution in [0.4, 0.5) is 0 Å². The van der Waals surface area contributed by atoms with Crippen molar-refractivity contribution in [2.75, 3.05) is 6.54 Å². The van der Waals surface area contributed by atoms with Gasteiger partial charge in [0, 0.05) is 6.54 Å². The Kier molecular flexibility index (Phi) is 12.0. The van der Waals surface area contributed by atoms with Crippen molar-refractivity contribution >= 4 is 29.8 Å². The number of aliphatic imine (C=N–C) groups is 1. The molecule has 2 unspecified atom stereocenters. The molecule has 14 N–H and O–H groups in total. The lowest BCUT2D eigenvalue weighted by Crippen LogP contribution is -2.45. The number of guanidine groups is 3. The summed E-state index contributed by atoms with van der Waals surface area (Å²) in [4.78, 5) is 25.1. The van der Waals surface area contributed by atoms with Crippen molar-refractivity contribution in [3.8, 4) is 0 Å². The van der Waals surface area contributed by atoms with E-state index in [1.165, 1.54) is 6.92 Å². The second-order valence-corrected chi connectivity index (χ2v) is 4.52. The Hall–Kier alpha value is -3.09. The SMILES string of the molecule is CC(NC(CCCN=C(N)N)C(=O)O)C(=O)O.N=C(N)NC(=N)N. The fraction of sp³-hybridized carbons (Fsp3) is 0.545. The zero-order valence-electron chi connectivity index (χ0n) is 13.2. The van der Waals surface area contributed by atoms with Crippen molar-refractivity contribution in [1.82, 2.24) is 10.6 Å². The van der Waals surface area contributed by atoms with E-state index in [0.717, 1.165) is 0 Å². The minimum absolute atomic E-state index is 0.0521. The van der Waals surface area contributed by atoms with Gasteiger partial charge in [-0.05, 0) is 19.8 Å². The molecule has 0 heterocycles. The monoisotopic (exact) mass is 347 g/mol. The maximum Gasteiger partial charge on any atom is 0.320 e. The summed E-state index contributed by atoms with van der Waals surface area (Å²) in [6.45, 7) is 1.70. The number of hydrogen-bond donors (Lipinski definition) is 10. The first-order valence-electron chi connectivity index (χ1n) is 6.69. The lowest BCUT2D eigenvalue weighted by Gasteiger charge is -2.16. The smallest absolute Gasteiger partial charge is 0.320 e. The van der Waals surface area contributed by atoms with Crippen molar-refractivity contribution in [2.24, 2.45) is 27.9 Å². The van der Waals surface area contributed by atoms with Crippen LogP contribution in [0.2, 0.25) is 0 Å². The Bertz CT molecular complexity index is 464. The van der Waals surface area contributed by atoms with Gasteiger partial charge in [0.15, 0.2) is 17.9 Å². The number of aliphatic carboxylic acids is 2. The Morgan fingerprint density at radius 2 is 1.58 bits per heavy atom. The number of carboxylic acids is 2. The average molecular weight is 347 g/mol. The fourth-order valence-corrected chi connectivity index (χ4v) is 1.30. The third kappa shape index (κ3) is 15.3. The molecule has 138 valence electrons. The molecule has 0 aromatic heterocycles. The normalized spacial score (nSPS) is 11.9. The highest BCUT2D eigenvalue weighted by atomic mass is 16.4. The largest absolute Gasteiger partial charge is 0.480 e. The van der Waals surface area contributed by atoms with Gasteiger partial charge < -0.3 is 33.1 Å². The number of carboxylic acid groups (broad SMARTS) is 2. The van der Waals surface area contributed by atoms with Gasteiger partial charge in [-0.1, -0.05) is 0 Å². The highest BCUT2D eigenvalue weighted by molar-refractivity contribution is 5.93. The Morgan fingerprint density at radius 3 is 1.88 bits per heavy atom. The average Bonchev–Trinajstić information content (AvgIpc) is 2.40. The molecule has 0 aromatic carbocycles. The zero-order chi connectivity index (χ0) is 19.3. The van der Waals surface area contributed by atoms with E-state index < -0.39 is 24.0 Å². The van der Waals surface area contributed by atoms with Gasteiger partial charge in [-0.25, -0.2) is 0 Å². The third-order valence-electron chi connectivity index (χ3n) is 2.33. The van der Waals surface area contributed by atoms with E-state index in [9.17, 15) is 9.59 Å². The van der Waals surface area contributed by atoms with Crippen molar-refractivity contribution in [1.29, 1.82) is 10.8 Å². The number of hydrogen-bond acceptors (Lipinski definition) is 6. The molecular weight excluding hydrogens is 322 g/mol. The first-order chi connectivity index (χ1) is 11.0. The molecule has 0 rings (SSSR count). The molecule has 13 heteroatoms. The van der Waals surface area contributed by atoms with E-state index >= 15 is 0 Å². The first-order valence-corrected chi connectivity index (χ1v) is 6.69. The number of rotatable bonds is 8. The van der Waals surface area contributed by atoms with E-state index in [-0.39, 0.29) is 24.3 Å². The summed E-state index contributed by atoms with van der Waals surface area (Å²) >= 11 is 0. The van der Waals surface area contributed by atoms with Crippen molar-refractivity contribution in [3.63, 3.8) is 0 Å². The summed E-state index contributed by atoms with van der Waals surface area (Å²) in [5.41, 5.74) is 19.7. The Morgan fingerprint density at radius 1 is 1.08 bits per heavy atom. The Balaban J connectivity index is 0. The minimum Gasteiger partial charge on any atom is -0.480 e. The molecule has 13 nitrogen and oxygen atoms in total. The number of nitrogens with one attached hydrogen (secondary N) is 4. The van der Waals surface area contributed by atoms with Crippen LogP contribution in [-0.4, -0.2) is 58.7 Å². The highest BCUT2D eigenvalue weighted by Crippen LogP contribution is 2.00. The van der Waals surface area contributed by atoms with Crippen molar-refractivity contribution in [2.45, 2.75) is 31.8 Å². The summed E-state index contributed by atoms with van der Waals surface area (Å²) in [6, 6.07) is -1.84. The van der Waals surface area contributed by atoms with Crippen molar-refractivity contribution in [3.05, 3.63) is 0 Å². The van der Waals surface area contributed by atoms with Gasteiger partial charge in [0.2, 0.25) is 0 Å². The molecule has 0 aliphatic rings. The van der Waals surface area contributed by atoms with Gasteiger partial charge in [-0.2, -0.15) is 0 Å². The molecule has 2 atom stereocenters. The van der Waals surface area contributed by atoms with Crippen LogP contribution in [-0.2, 0) is 9.59 Å². The molecule has 0 amide bonds. The van der Waals surface area contributed by atoms with Crippen LogP contribution in [0, 0.1) is 10.8 Å². The van der Waals surface area contributed by atoms with Gasteiger partial charge in [0.25, 0.3) is 0 Å². The van der Waals surface area contributed by atoms with E-state index in [1.54, 1.807) is 0 Å². The molecule has 0 fully saturated rings. The van der Waals surface area contributed by atoms with Crippen LogP contribution in [0.15, 0.2) is 4.99 Å². The molecule has 0 spiro atoms. The van der Waals surface area contributed by atoms with E-state index in [2.05, 4.69) is 10.3 Å². The summed E-state index contributed by atoms with van der Waals surface area (Å²) in [7, 11) is 0. The summed E-state index contributed by atoms with van der Waals surface area (Å²) in [6.07, 6.45) is 0.706. The lowest BCUT2D eigenvalue weighted by molar-refractivity contribution is -0.142. The predicted molar refractivity (Wildman–Crippen MR) is 88.5 cm³/mol. The van der Waals surface area contributed by atoms with Crippen LogP contribution >= 0.6 is 0 Å². The lowest BCUT2D eigenvalue weighted by atomic mass is 10.1. The first kappa shape index (κ1) is 23.2. The molecule has 0 aliphatic heterocycles. The molecule has 0 aromatic rings. The van der Waals surface area contributed by atoms with Crippen molar-refractivity contribution < 1.29 is 19.8 Å². The standard InChI is InChI=1S/C9H18N4O4.C2H7N5/c1-5(7(14)15)13-6(8(16)17)3-2-4-12-9(10)11;3-1(4)7-2(5)6/h5-6,13H,2-4H2,1H3,(H,14,15)(H,16,17)(H4,10,11,12);(H7,3,4,5,6,7). The van der Waals surface area contributed by atoms with Crippen LogP contribution in [0.3, 0.4) is 0 Å². The van der Waals surface area contributed by atoms with Crippen LogP contribution < -0.4 is 33.6 Å². The third-order valence-corrected chi connectivity index (χ3v) is 2.33. The van der Waals surface area contributed by atoms with E-state index in [0.29, 0.717) is 13.0 Å². The minimum atomic E-state index is -1.10. The van der Waals surface area contributed by atoms with Crippen LogP contribution in [0.25, 0.3) is 0 Å². The molecule has 24 heavy (non-hydrogen) atoms. The predicted octanol–water partition coefficient (Wildman–Crippen LogP) is -3.08. The quantitative estimate of drug-likeness (QED) is 0.120. The second kappa shape index (κ2) is 12.5. The molecule has 0 saturated carbocycles. The summed E-state index contributed by atoms with van der Waals surface area (Å²) < 4.78 is 0. The maximum absolute atomic E-state index is 10.8. The van der Waals surface area contributed by atoms with E-state index in [1.807, 2.05) is 5.32 Å². The zero-order valence-corrected chi connectivity index (χ0v) is 13.2. The second-order valence-electron chi connectivity index (χ2n) is 4.52. The van der Waals surface area contributed by atoms with Gasteiger partial charge >= 0.3 is 11.9 Å². The van der Waals surface area contributed by atoms with Crippen LogP contribution in [0.5, 0.6) is 0 Å². The molecule has 0 radical (unpaired) electrons. The molecule has 0 bridgehead atoms.